The Hall–Kier alpha value is -6.46. The van der Waals surface area contributed by atoms with Gasteiger partial charge in [0.1, 0.15) is 4.90 Å². The van der Waals surface area contributed by atoms with Crippen LogP contribution in [0.4, 0.5) is 35.0 Å². The largest absolute Gasteiger partial charge is 0.501 e. The van der Waals surface area contributed by atoms with Crippen LogP contribution in [0.2, 0.25) is 5.02 Å². The van der Waals surface area contributed by atoms with Crippen molar-refractivity contribution in [2.24, 2.45) is 5.41 Å². The van der Waals surface area contributed by atoms with Gasteiger partial charge in [0.2, 0.25) is 5.91 Å². The molecular weight excluding hydrogens is 1220 g/mol. The second kappa shape index (κ2) is 29.2. The Morgan fingerprint density at radius 3 is 2.24 bits per heavy atom. The molecule has 17 nitrogen and oxygen atoms in total. The minimum atomic E-state index is -6.09. The van der Waals surface area contributed by atoms with E-state index in [1.807, 2.05) is 71.5 Å². The minimum Gasteiger partial charge on any atom is -0.380 e. The standard InChI is InChI=1S/C65H75ClF3N9O8S3/c1-64(47-76-33-31-74(32-34-76)27-6-9-48-8-5-10-55(42-48)78-30-25-61(79)71-63(78)81)26-23-58(49-13-17-52(66)18-14-49)51(44-64)45-75-35-37-77(38-36-75)54-19-15-50(16-20-54)62(80)72-89(84,85)57-21-22-59(60(43-57)88(82,83)65(67,68)69)70-53(46-87-56-11-3-2-4-12-56)24-29-73-28-7-40-86-41-39-73/h2-5,8,10-22,42-43,53,70H,7,23-41,44-47H2,1H3,(H,72,80)(H,71,79,81)/t53-,64-/m1/s1. The molecule has 10 rings (SSSR count). The normalized spacial score (nSPS) is 20.1. The third-order valence-corrected chi connectivity index (χ3v) is 21.4. The fourth-order valence-corrected chi connectivity index (χ4v) is 15.3. The van der Waals surface area contributed by atoms with Crippen molar-refractivity contribution in [3.05, 3.63) is 149 Å². The van der Waals surface area contributed by atoms with Gasteiger partial charge in [-0.3, -0.25) is 29.6 Å². The lowest BCUT2D eigenvalue weighted by Gasteiger charge is -2.44. The number of carbonyl (C=O) groups is 3. The second-order valence-electron chi connectivity index (χ2n) is 23.6. The predicted molar refractivity (Wildman–Crippen MR) is 343 cm³/mol. The fraction of sp³-hybridized carbons (Fsp3) is 0.431. The number of benzene rings is 5. The van der Waals surface area contributed by atoms with E-state index in [9.17, 15) is 44.4 Å². The molecule has 4 amide bonds. The lowest BCUT2D eigenvalue weighted by Crippen LogP contribution is -2.50. The van der Waals surface area contributed by atoms with Gasteiger partial charge < -0.3 is 24.8 Å². The third kappa shape index (κ3) is 17.3. The number of rotatable bonds is 20. The van der Waals surface area contributed by atoms with Gasteiger partial charge in [-0.05, 0) is 134 Å². The number of hydrogen-bond donors (Lipinski definition) is 3. The number of ether oxygens (including phenoxy) is 1. The Kier molecular flexibility index (Phi) is 21.5. The molecule has 3 N–H and O–H groups in total. The van der Waals surface area contributed by atoms with Crippen LogP contribution in [0.15, 0.2) is 142 Å². The Labute approximate surface area is 529 Å². The van der Waals surface area contributed by atoms with Gasteiger partial charge >= 0.3 is 11.5 Å². The number of urea groups is 1. The molecule has 0 saturated carbocycles. The summed E-state index contributed by atoms with van der Waals surface area (Å²) < 4.78 is 105. The lowest BCUT2D eigenvalue weighted by molar-refractivity contribution is -0.120. The van der Waals surface area contributed by atoms with E-state index >= 15 is 0 Å². The Morgan fingerprint density at radius 2 is 1.51 bits per heavy atom. The number of imide groups is 1. The number of allylic oxidation sites excluding steroid dienone is 1. The van der Waals surface area contributed by atoms with Crippen LogP contribution in [0, 0.1) is 17.3 Å². The summed E-state index contributed by atoms with van der Waals surface area (Å²) in [6.07, 6.45) is 4.45. The SMILES string of the molecule is C[C@@]1(CN2CCN(CC#Cc3cccc(N4CCC(=O)NC4=O)c3)CC2)CCC(c2ccc(Cl)cc2)=C(CN2CCN(c3ccc(C(=O)NS(=O)(=O)c4ccc(N[C@H](CCN5CCCOCC5)CSc5ccccc5)c(S(=O)(=O)C(F)(F)F)c4)cc3)CC2)C1. The van der Waals surface area contributed by atoms with Gasteiger partial charge in [0.25, 0.3) is 25.8 Å². The molecule has 2 atom stereocenters. The van der Waals surface area contributed by atoms with Gasteiger partial charge in [0.05, 0.1) is 23.7 Å². The summed E-state index contributed by atoms with van der Waals surface area (Å²) in [5.74, 6) is 5.65. The number of sulfone groups is 1. The molecule has 4 fully saturated rings. The molecule has 5 aliphatic rings. The van der Waals surface area contributed by atoms with Crippen LogP contribution in [0.5, 0.6) is 0 Å². The summed E-state index contributed by atoms with van der Waals surface area (Å²) in [7, 11) is -11.0. The van der Waals surface area contributed by atoms with E-state index in [-0.39, 0.29) is 23.3 Å². The molecule has 0 bridgehead atoms. The van der Waals surface area contributed by atoms with Gasteiger partial charge in [-0.25, -0.2) is 26.4 Å². The van der Waals surface area contributed by atoms with E-state index in [1.54, 1.807) is 17.0 Å². The van der Waals surface area contributed by atoms with Gasteiger partial charge in [-0.2, -0.15) is 13.2 Å². The van der Waals surface area contributed by atoms with E-state index in [1.165, 1.54) is 40.6 Å². The molecule has 1 aliphatic carbocycles. The summed E-state index contributed by atoms with van der Waals surface area (Å²) in [6.45, 7) is 14.9. The topological polar surface area (TPSA) is 184 Å². The highest BCUT2D eigenvalue weighted by Gasteiger charge is 2.49. The van der Waals surface area contributed by atoms with Crippen molar-refractivity contribution < 1.29 is 49.1 Å². The zero-order valence-corrected chi connectivity index (χ0v) is 53.0. The second-order valence-corrected chi connectivity index (χ2v) is 28.8. The van der Waals surface area contributed by atoms with Crippen molar-refractivity contribution in [1.29, 1.82) is 0 Å². The number of anilines is 3. The molecule has 4 saturated heterocycles. The number of carbonyl (C=O) groups excluding carboxylic acids is 3. The van der Waals surface area contributed by atoms with E-state index < -0.39 is 58.8 Å². The molecule has 89 heavy (non-hydrogen) atoms. The molecule has 0 radical (unpaired) electrons. The number of hydrogen-bond acceptors (Lipinski definition) is 15. The van der Waals surface area contributed by atoms with E-state index in [4.69, 9.17) is 16.3 Å². The third-order valence-electron chi connectivity index (χ3n) is 17.1. The molecule has 474 valence electrons. The van der Waals surface area contributed by atoms with Crippen LogP contribution in [-0.4, -0.2) is 183 Å². The van der Waals surface area contributed by atoms with Crippen molar-refractivity contribution >= 4 is 83.7 Å². The average molecular weight is 1300 g/mol. The number of halogens is 4. The van der Waals surface area contributed by atoms with Crippen molar-refractivity contribution in [1.82, 2.24) is 29.6 Å². The van der Waals surface area contributed by atoms with Gasteiger partial charge in [-0.1, -0.05) is 72.3 Å². The van der Waals surface area contributed by atoms with Crippen LogP contribution in [-0.2, 0) is 29.4 Å². The van der Waals surface area contributed by atoms with Crippen LogP contribution in [0.3, 0.4) is 0 Å². The monoisotopic (exact) mass is 1300 g/mol. The molecule has 5 aromatic carbocycles. The fourth-order valence-electron chi connectivity index (χ4n) is 12.2. The van der Waals surface area contributed by atoms with Crippen molar-refractivity contribution in [3.63, 3.8) is 0 Å². The first-order chi connectivity index (χ1) is 42.7. The Bertz CT molecular complexity index is 3650. The quantitative estimate of drug-likeness (QED) is 0.0495. The van der Waals surface area contributed by atoms with Crippen LogP contribution < -0.4 is 25.2 Å². The van der Waals surface area contributed by atoms with Crippen molar-refractivity contribution in [3.8, 4) is 11.8 Å². The smallest absolute Gasteiger partial charge is 0.380 e. The highest BCUT2D eigenvalue weighted by Crippen LogP contribution is 2.44. The number of nitrogens with zero attached hydrogens (tertiary/aromatic N) is 6. The number of sulfonamides is 1. The van der Waals surface area contributed by atoms with E-state index in [2.05, 4.69) is 66.0 Å². The number of piperazine rings is 2. The van der Waals surface area contributed by atoms with Crippen LogP contribution >= 0.6 is 23.4 Å². The first kappa shape index (κ1) is 65.5. The maximum absolute atomic E-state index is 14.4. The summed E-state index contributed by atoms with van der Waals surface area (Å²) in [5.41, 5.74) is 0.178. The van der Waals surface area contributed by atoms with Crippen molar-refractivity contribution in [2.45, 2.75) is 71.7 Å². The summed E-state index contributed by atoms with van der Waals surface area (Å²) in [5, 5.41) is 6.08. The maximum atomic E-state index is 14.4. The molecule has 0 aromatic heterocycles. The zero-order valence-electron chi connectivity index (χ0n) is 49.8. The Balaban J connectivity index is 0.741. The maximum Gasteiger partial charge on any atom is 0.501 e. The highest BCUT2D eigenvalue weighted by atomic mass is 35.5. The summed E-state index contributed by atoms with van der Waals surface area (Å²) in [4.78, 5) is 49.9. The Morgan fingerprint density at radius 1 is 0.775 bits per heavy atom. The number of nitrogens with one attached hydrogen (secondary N) is 3. The number of thioether (sulfide) groups is 1. The average Bonchev–Trinajstić information content (AvgIpc) is 1.38. The van der Waals surface area contributed by atoms with Crippen LogP contribution in [0.25, 0.3) is 5.57 Å². The molecule has 5 aromatic rings. The molecule has 0 unspecified atom stereocenters. The summed E-state index contributed by atoms with van der Waals surface area (Å²) >= 11 is 7.81. The molecule has 24 heteroatoms. The highest BCUT2D eigenvalue weighted by molar-refractivity contribution is 7.99. The minimum absolute atomic E-state index is 0.0208. The molecular formula is C65H75ClF3N9O8S3. The molecule has 4 aliphatic heterocycles. The van der Waals surface area contributed by atoms with Gasteiger partial charge in [0.15, 0.2) is 0 Å². The van der Waals surface area contributed by atoms with Gasteiger partial charge in [0, 0.05) is 149 Å². The predicted octanol–water partition coefficient (Wildman–Crippen LogP) is 9.32. The van der Waals surface area contributed by atoms with E-state index in [0.29, 0.717) is 81.4 Å². The first-order valence-corrected chi connectivity index (χ1v) is 34.5. The number of alkyl halides is 3. The van der Waals surface area contributed by atoms with Gasteiger partial charge in [-0.15, -0.1) is 11.8 Å². The first-order valence-electron chi connectivity index (χ1n) is 30.1. The van der Waals surface area contributed by atoms with Crippen molar-refractivity contribution in [2.75, 3.05) is 132 Å². The van der Waals surface area contributed by atoms with E-state index in [0.717, 1.165) is 113 Å². The number of amides is 4. The molecule has 4 heterocycles. The zero-order chi connectivity index (χ0) is 62.8. The summed E-state index contributed by atoms with van der Waals surface area (Å²) in [6, 6.07) is 32.9. The van der Waals surface area contributed by atoms with Crippen LogP contribution in [0.1, 0.15) is 66.9 Å². The molecule has 0 spiro atoms. The lowest BCUT2D eigenvalue weighted by atomic mass is 9.71.